The smallest absolute Gasteiger partial charge is 0.0270 e. The molecule has 0 bridgehead atoms. The van der Waals surface area contributed by atoms with Crippen molar-refractivity contribution >= 4 is 11.3 Å². The van der Waals surface area contributed by atoms with Gasteiger partial charge in [0.25, 0.3) is 0 Å². The monoisotopic (exact) mass is 232 g/mol. The largest absolute Gasteiger partial charge is 0.327 e. The molecule has 2 aromatic rings. The molecule has 1 unspecified atom stereocenters. The maximum absolute atomic E-state index is 6.11. The van der Waals surface area contributed by atoms with Crippen molar-refractivity contribution in [1.82, 2.24) is 4.98 Å². The second-order valence-electron chi connectivity index (χ2n) is 3.99. The molecule has 1 atom stereocenters. The molecule has 0 aliphatic heterocycles. The first kappa shape index (κ1) is 11.3. The first-order chi connectivity index (χ1) is 7.84. The van der Waals surface area contributed by atoms with E-state index in [9.17, 15) is 0 Å². The van der Waals surface area contributed by atoms with E-state index in [1.807, 2.05) is 24.5 Å². The molecular formula is C13H16N2S. The van der Waals surface area contributed by atoms with Gasteiger partial charge in [-0.15, -0.1) is 0 Å². The van der Waals surface area contributed by atoms with E-state index in [-0.39, 0.29) is 6.04 Å². The van der Waals surface area contributed by atoms with Crippen molar-refractivity contribution < 1.29 is 0 Å². The van der Waals surface area contributed by atoms with Crippen LogP contribution in [0.1, 0.15) is 17.5 Å². The van der Waals surface area contributed by atoms with Crippen LogP contribution in [0, 0.1) is 0 Å². The number of aryl methyl sites for hydroxylation is 1. The molecule has 0 radical (unpaired) electrons. The molecule has 2 N–H and O–H groups in total. The number of aromatic nitrogens is 1. The predicted molar refractivity (Wildman–Crippen MR) is 68.6 cm³/mol. The molecule has 0 aliphatic carbocycles. The highest BCUT2D eigenvalue weighted by Gasteiger charge is 2.04. The molecule has 2 nitrogen and oxygen atoms in total. The topological polar surface area (TPSA) is 38.9 Å². The van der Waals surface area contributed by atoms with Crippen LogP contribution in [-0.2, 0) is 12.8 Å². The Morgan fingerprint density at radius 2 is 2.00 bits per heavy atom. The summed E-state index contributed by atoms with van der Waals surface area (Å²) < 4.78 is 0. The normalized spacial score (nSPS) is 12.6. The zero-order valence-corrected chi connectivity index (χ0v) is 9.99. The van der Waals surface area contributed by atoms with Crippen molar-refractivity contribution in [2.45, 2.75) is 25.3 Å². The minimum absolute atomic E-state index is 0.238. The van der Waals surface area contributed by atoms with E-state index in [1.54, 1.807) is 11.3 Å². The molecule has 0 saturated heterocycles. The van der Waals surface area contributed by atoms with Gasteiger partial charge in [-0.05, 0) is 59.3 Å². The Labute approximate surface area is 100 Å². The van der Waals surface area contributed by atoms with Gasteiger partial charge in [0.05, 0.1) is 0 Å². The van der Waals surface area contributed by atoms with Gasteiger partial charge in [-0.3, -0.25) is 4.98 Å². The third kappa shape index (κ3) is 3.43. The van der Waals surface area contributed by atoms with Gasteiger partial charge in [-0.25, -0.2) is 0 Å². The first-order valence-corrected chi connectivity index (χ1v) is 6.44. The van der Waals surface area contributed by atoms with Crippen molar-refractivity contribution in [3.8, 4) is 0 Å². The van der Waals surface area contributed by atoms with Crippen molar-refractivity contribution in [2.75, 3.05) is 0 Å². The zero-order chi connectivity index (χ0) is 11.2. The molecular weight excluding hydrogens is 216 g/mol. The highest BCUT2D eigenvalue weighted by Crippen LogP contribution is 2.11. The van der Waals surface area contributed by atoms with Gasteiger partial charge >= 0.3 is 0 Å². The molecule has 0 amide bonds. The molecule has 3 heteroatoms. The average molecular weight is 232 g/mol. The zero-order valence-electron chi connectivity index (χ0n) is 9.17. The number of thiophene rings is 1. The molecule has 2 heterocycles. The number of hydrogen-bond donors (Lipinski definition) is 1. The highest BCUT2D eigenvalue weighted by molar-refractivity contribution is 7.07. The van der Waals surface area contributed by atoms with Crippen LogP contribution in [0.25, 0.3) is 0 Å². The Hall–Kier alpha value is -1.19. The third-order valence-corrected chi connectivity index (χ3v) is 3.36. The summed E-state index contributed by atoms with van der Waals surface area (Å²) in [5.41, 5.74) is 8.77. The molecule has 0 aliphatic rings. The SMILES string of the molecule is NC(CCc1ccsc1)Cc1ccncc1. The molecule has 16 heavy (non-hydrogen) atoms. The van der Waals surface area contributed by atoms with E-state index in [0.717, 1.165) is 19.3 Å². The average Bonchev–Trinajstić information content (AvgIpc) is 2.81. The third-order valence-electron chi connectivity index (χ3n) is 2.63. The minimum atomic E-state index is 0.238. The van der Waals surface area contributed by atoms with Gasteiger partial charge in [-0.2, -0.15) is 11.3 Å². The van der Waals surface area contributed by atoms with Gasteiger partial charge in [0.1, 0.15) is 0 Å². The van der Waals surface area contributed by atoms with Crippen LogP contribution in [0.4, 0.5) is 0 Å². The van der Waals surface area contributed by atoms with Gasteiger partial charge in [0.15, 0.2) is 0 Å². The van der Waals surface area contributed by atoms with Crippen LogP contribution in [-0.4, -0.2) is 11.0 Å². The lowest BCUT2D eigenvalue weighted by Gasteiger charge is -2.10. The number of pyridine rings is 1. The van der Waals surface area contributed by atoms with Crippen molar-refractivity contribution in [1.29, 1.82) is 0 Å². The number of nitrogens with zero attached hydrogens (tertiary/aromatic N) is 1. The van der Waals surface area contributed by atoms with Gasteiger partial charge < -0.3 is 5.73 Å². The fourth-order valence-electron chi connectivity index (χ4n) is 1.71. The number of rotatable bonds is 5. The standard InChI is InChI=1S/C13H16N2S/c14-13(2-1-12-5-8-16-10-12)9-11-3-6-15-7-4-11/h3-8,10,13H,1-2,9,14H2. The summed E-state index contributed by atoms with van der Waals surface area (Å²) in [5.74, 6) is 0. The molecule has 2 rings (SSSR count). The van der Waals surface area contributed by atoms with E-state index in [2.05, 4.69) is 21.8 Å². The summed E-state index contributed by atoms with van der Waals surface area (Å²) in [5, 5.41) is 4.31. The van der Waals surface area contributed by atoms with Crippen LogP contribution in [0.3, 0.4) is 0 Å². The van der Waals surface area contributed by atoms with Gasteiger partial charge in [-0.1, -0.05) is 0 Å². The minimum Gasteiger partial charge on any atom is -0.327 e. The van der Waals surface area contributed by atoms with Crippen LogP contribution < -0.4 is 5.73 Å². The van der Waals surface area contributed by atoms with Crippen LogP contribution in [0.15, 0.2) is 41.4 Å². The second-order valence-corrected chi connectivity index (χ2v) is 4.77. The lowest BCUT2D eigenvalue weighted by molar-refractivity contribution is 0.610. The Kier molecular flexibility index (Phi) is 4.08. The van der Waals surface area contributed by atoms with E-state index in [0.29, 0.717) is 0 Å². The Balaban J connectivity index is 1.78. The lowest BCUT2D eigenvalue weighted by atomic mass is 10.0. The van der Waals surface area contributed by atoms with Crippen molar-refractivity contribution in [3.05, 3.63) is 52.5 Å². The summed E-state index contributed by atoms with van der Waals surface area (Å²) in [6, 6.07) is 6.47. The lowest BCUT2D eigenvalue weighted by Crippen LogP contribution is -2.23. The van der Waals surface area contributed by atoms with E-state index < -0.39 is 0 Å². The maximum Gasteiger partial charge on any atom is 0.0270 e. The quantitative estimate of drug-likeness (QED) is 0.860. The summed E-state index contributed by atoms with van der Waals surface area (Å²) >= 11 is 1.75. The van der Waals surface area contributed by atoms with E-state index in [4.69, 9.17) is 5.73 Å². The predicted octanol–water partition coefficient (Wildman–Crippen LogP) is 2.65. The Morgan fingerprint density at radius 1 is 1.19 bits per heavy atom. The molecule has 2 aromatic heterocycles. The van der Waals surface area contributed by atoms with E-state index >= 15 is 0 Å². The molecule has 0 saturated carbocycles. The van der Waals surface area contributed by atoms with Crippen molar-refractivity contribution in [3.63, 3.8) is 0 Å². The van der Waals surface area contributed by atoms with Crippen LogP contribution >= 0.6 is 11.3 Å². The summed E-state index contributed by atoms with van der Waals surface area (Å²) in [6.07, 6.45) is 6.70. The molecule has 0 fully saturated rings. The van der Waals surface area contributed by atoms with Gasteiger partial charge in [0.2, 0.25) is 0 Å². The van der Waals surface area contributed by atoms with Crippen molar-refractivity contribution in [2.24, 2.45) is 5.73 Å². The Morgan fingerprint density at radius 3 is 2.69 bits per heavy atom. The molecule has 0 aromatic carbocycles. The summed E-state index contributed by atoms with van der Waals surface area (Å²) in [7, 11) is 0. The molecule has 0 spiro atoms. The summed E-state index contributed by atoms with van der Waals surface area (Å²) in [6.45, 7) is 0. The highest BCUT2D eigenvalue weighted by atomic mass is 32.1. The Bertz CT molecular complexity index is 397. The first-order valence-electron chi connectivity index (χ1n) is 5.50. The molecule has 84 valence electrons. The number of hydrogen-bond acceptors (Lipinski definition) is 3. The van der Waals surface area contributed by atoms with E-state index in [1.165, 1.54) is 11.1 Å². The second kappa shape index (κ2) is 5.77. The fraction of sp³-hybridized carbons (Fsp3) is 0.308. The van der Waals surface area contributed by atoms with Gasteiger partial charge in [0, 0.05) is 18.4 Å². The number of nitrogens with two attached hydrogens (primary N) is 1. The van der Waals surface area contributed by atoms with Crippen LogP contribution in [0.5, 0.6) is 0 Å². The maximum atomic E-state index is 6.11. The summed E-state index contributed by atoms with van der Waals surface area (Å²) in [4.78, 5) is 4.00. The van der Waals surface area contributed by atoms with Crippen LogP contribution in [0.2, 0.25) is 0 Å². The fourth-order valence-corrected chi connectivity index (χ4v) is 2.41.